The van der Waals surface area contributed by atoms with Crippen LogP contribution in [-0.2, 0) is 13.0 Å². The van der Waals surface area contributed by atoms with Crippen LogP contribution in [0, 0.1) is 25.2 Å². The maximum atomic E-state index is 13.6. The monoisotopic (exact) mass is 422 g/mol. The lowest BCUT2D eigenvalue weighted by atomic mass is 9.73. The van der Waals surface area contributed by atoms with Crippen LogP contribution in [0.15, 0.2) is 28.8 Å². The van der Waals surface area contributed by atoms with Gasteiger partial charge in [-0.2, -0.15) is 0 Å². The molecule has 0 saturated carbocycles. The summed E-state index contributed by atoms with van der Waals surface area (Å²) < 4.78 is 5.31. The molecule has 0 radical (unpaired) electrons. The zero-order valence-corrected chi connectivity index (χ0v) is 18.8. The number of carbonyl (C=O) groups is 1. The predicted octanol–water partition coefficient (Wildman–Crippen LogP) is 3.18. The van der Waals surface area contributed by atoms with Gasteiger partial charge in [-0.1, -0.05) is 29.4 Å². The van der Waals surface area contributed by atoms with Gasteiger partial charge in [-0.3, -0.25) is 4.79 Å². The Morgan fingerprint density at radius 3 is 2.68 bits per heavy atom. The van der Waals surface area contributed by atoms with Crippen molar-refractivity contribution in [2.75, 3.05) is 39.3 Å². The molecule has 2 aromatic rings. The first-order valence-corrected chi connectivity index (χ1v) is 11.7. The van der Waals surface area contributed by atoms with Gasteiger partial charge in [0.25, 0.3) is 5.91 Å². The van der Waals surface area contributed by atoms with Crippen molar-refractivity contribution in [3.8, 4) is 0 Å². The molecule has 2 fully saturated rings. The van der Waals surface area contributed by atoms with Gasteiger partial charge in [-0.15, -0.1) is 0 Å². The van der Waals surface area contributed by atoms with Gasteiger partial charge < -0.3 is 19.6 Å². The van der Waals surface area contributed by atoms with E-state index in [0.717, 1.165) is 57.9 Å². The average Bonchev–Trinajstić information content (AvgIpc) is 3.35. The van der Waals surface area contributed by atoms with E-state index in [9.17, 15) is 4.79 Å². The van der Waals surface area contributed by atoms with Crippen LogP contribution in [0.4, 0.5) is 0 Å². The molecule has 1 aromatic heterocycles. The summed E-state index contributed by atoms with van der Waals surface area (Å²) >= 11 is 0. The van der Waals surface area contributed by atoms with Crippen molar-refractivity contribution < 1.29 is 9.32 Å². The first kappa shape index (κ1) is 20.7. The van der Waals surface area contributed by atoms with Crippen LogP contribution in [0.25, 0.3) is 0 Å². The highest BCUT2D eigenvalue weighted by Crippen LogP contribution is 2.40. The summed E-state index contributed by atoms with van der Waals surface area (Å²) in [5.41, 5.74) is 4.16. The molecule has 6 nitrogen and oxygen atoms in total. The molecule has 2 saturated heterocycles. The number of nitrogens with zero attached hydrogens (tertiary/aromatic N) is 3. The largest absolute Gasteiger partial charge is 0.361 e. The first-order chi connectivity index (χ1) is 15.0. The molecule has 1 spiro atoms. The minimum atomic E-state index is 0.0618. The molecule has 1 N–H and O–H groups in total. The molecule has 1 aromatic carbocycles. The van der Waals surface area contributed by atoms with Crippen LogP contribution in [-0.4, -0.2) is 60.1 Å². The highest BCUT2D eigenvalue weighted by molar-refractivity contribution is 5.96. The minimum Gasteiger partial charge on any atom is -0.361 e. The third-order valence-electron chi connectivity index (χ3n) is 7.70. The number of likely N-dealkylation sites (tertiary alicyclic amines) is 1. The number of carbonyl (C=O) groups excluding carboxylic acids is 1. The molecule has 1 amide bonds. The van der Waals surface area contributed by atoms with Gasteiger partial charge in [-0.25, -0.2) is 0 Å². The SMILES string of the molecule is Cc1noc(C)c1C(=O)N1Cc2ccccc2CC2(CCN(CC3CCNC3)CC2)C1. The fraction of sp³-hybridized carbons (Fsp3) is 0.600. The number of fused-ring (bicyclic) bond motifs is 1. The predicted molar refractivity (Wildman–Crippen MR) is 120 cm³/mol. The summed E-state index contributed by atoms with van der Waals surface area (Å²) in [6.07, 6.45) is 4.65. The van der Waals surface area contributed by atoms with Crippen LogP contribution in [0.1, 0.15) is 52.2 Å². The van der Waals surface area contributed by atoms with Crippen molar-refractivity contribution in [2.24, 2.45) is 11.3 Å². The molecule has 5 rings (SSSR count). The van der Waals surface area contributed by atoms with Gasteiger partial charge in [0.15, 0.2) is 0 Å². The summed E-state index contributed by atoms with van der Waals surface area (Å²) in [4.78, 5) is 18.3. The normalized spacial score (nSPS) is 23.7. The van der Waals surface area contributed by atoms with Gasteiger partial charge in [0.2, 0.25) is 0 Å². The van der Waals surface area contributed by atoms with Crippen molar-refractivity contribution in [3.63, 3.8) is 0 Å². The van der Waals surface area contributed by atoms with E-state index in [2.05, 4.69) is 44.5 Å². The molecule has 166 valence electrons. The third kappa shape index (κ3) is 4.15. The van der Waals surface area contributed by atoms with Crippen LogP contribution in [0.2, 0.25) is 0 Å². The Balaban J connectivity index is 1.38. The number of amides is 1. The van der Waals surface area contributed by atoms with Gasteiger partial charge in [-0.05, 0) is 88.2 Å². The molecule has 1 unspecified atom stereocenters. The van der Waals surface area contributed by atoms with E-state index in [1.807, 2.05) is 13.8 Å². The molecule has 3 aliphatic rings. The van der Waals surface area contributed by atoms with E-state index in [1.54, 1.807) is 0 Å². The second kappa shape index (κ2) is 8.40. The number of aromatic nitrogens is 1. The van der Waals surface area contributed by atoms with Crippen LogP contribution < -0.4 is 5.32 Å². The summed E-state index contributed by atoms with van der Waals surface area (Å²) in [7, 11) is 0. The zero-order chi connectivity index (χ0) is 21.4. The van der Waals surface area contributed by atoms with E-state index in [-0.39, 0.29) is 11.3 Å². The topological polar surface area (TPSA) is 61.6 Å². The lowest BCUT2D eigenvalue weighted by Crippen LogP contribution is -2.48. The zero-order valence-electron chi connectivity index (χ0n) is 18.8. The lowest BCUT2D eigenvalue weighted by Gasteiger charge is -2.44. The Morgan fingerprint density at radius 2 is 2.00 bits per heavy atom. The summed E-state index contributed by atoms with van der Waals surface area (Å²) in [5, 5.41) is 7.52. The maximum Gasteiger partial charge on any atom is 0.259 e. The Hall–Kier alpha value is -2.18. The van der Waals surface area contributed by atoms with E-state index in [4.69, 9.17) is 4.52 Å². The summed E-state index contributed by atoms with van der Waals surface area (Å²) in [6.45, 7) is 11.0. The smallest absolute Gasteiger partial charge is 0.259 e. The molecule has 3 aliphatic heterocycles. The van der Waals surface area contributed by atoms with Crippen molar-refractivity contribution in [1.82, 2.24) is 20.3 Å². The Labute approximate surface area is 185 Å². The Kier molecular flexibility index (Phi) is 5.61. The average molecular weight is 423 g/mol. The molecule has 0 aliphatic carbocycles. The number of aryl methyl sites for hydroxylation is 2. The van der Waals surface area contributed by atoms with Crippen LogP contribution in [0.5, 0.6) is 0 Å². The molecule has 0 bridgehead atoms. The quantitative estimate of drug-likeness (QED) is 0.823. The number of rotatable bonds is 3. The molecule has 1 atom stereocenters. The Morgan fingerprint density at radius 1 is 1.23 bits per heavy atom. The van der Waals surface area contributed by atoms with Gasteiger partial charge >= 0.3 is 0 Å². The van der Waals surface area contributed by atoms with Crippen molar-refractivity contribution in [3.05, 3.63) is 52.4 Å². The molecule has 31 heavy (non-hydrogen) atoms. The summed E-state index contributed by atoms with van der Waals surface area (Å²) in [6, 6.07) is 8.68. The van der Waals surface area contributed by atoms with Gasteiger partial charge in [0.05, 0.1) is 5.69 Å². The third-order valence-corrected chi connectivity index (χ3v) is 7.70. The van der Waals surface area contributed by atoms with Crippen molar-refractivity contribution >= 4 is 5.91 Å². The number of benzene rings is 1. The van der Waals surface area contributed by atoms with E-state index < -0.39 is 0 Å². The number of hydrogen-bond donors (Lipinski definition) is 1. The maximum absolute atomic E-state index is 13.6. The van der Waals surface area contributed by atoms with Crippen molar-refractivity contribution in [1.29, 1.82) is 0 Å². The lowest BCUT2D eigenvalue weighted by molar-refractivity contribution is 0.0444. The van der Waals surface area contributed by atoms with E-state index in [1.165, 1.54) is 24.1 Å². The van der Waals surface area contributed by atoms with Gasteiger partial charge in [0.1, 0.15) is 11.3 Å². The van der Waals surface area contributed by atoms with E-state index >= 15 is 0 Å². The fourth-order valence-corrected chi connectivity index (χ4v) is 5.88. The molecule has 6 heteroatoms. The highest BCUT2D eigenvalue weighted by Gasteiger charge is 2.41. The Bertz CT molecular complexity index is 919. The molecule has 4 heterocycles. The molecular weight excluding hydrogens is 388 g/mol. The fourth-order valence-electron chi connectivity index (χ4n) is 5.88. The van der Waals surface area contributed by atoms with Gasteiger partial charge in [0, 0.05) is 19.6 Å². The second-order valence-electron chi connectivity index (χ2n) is 9.97. The number of piperidine rings is 1. The second-order valence-corrected chi connectivity index (χ2v) is 9.97. The number of hydrogen-bond acceptors (Lipinski definition) is 5. The standard InChI is InChI=1S/C25H34N4O2/c1-18-23(19(2)31-27-18)24(30)29-16-22-6-4-3-5-21(22)13-25(17-29)8-11-28(12-9-25)15-20-7-10-26-14-20/h3-6,20,26H,7-17H2,1-2H3. The van der Waals surface area contributed by atoms with Crippen LogP contribution >= 0.6 is 0 Å². The van der Waals surface area contributed by atoms with Crippen molar-refractivity contribution in [2.45, 2.75) is 46.1 Å². The minimum absolute atomic E-state index is 0.0618. The van der Waals surface area contributed by atoms with E-state index in [0.29, 0.717) is 23.6 Å². The van der Waals surface area contributed by atoms with Crippen LogP contribution in [0.3, 0.4) is 0 Å². The number of nitrogens with one attached hydrogen (secondary N) is 1. The molecular formula is C25H34N4O2. The first-order valence-electron chi connectivity index (χ1n) is 11.7. The summed E-state index contributed by atoms with van der Waals surface area (Å²) in [5.74, 6) is 1.47. The highest BCUT2D eigenvalue weighted by atomic mass is 16.5.